The van der Waals surface area contributed by atoms with Crippen molar-refractivity contribution in [3.05, 3.63) is 62.2 Å². The van der Waals surface area contributed by atoms with Gasteiger partial charge in [-0.1, -0.05) is 23.7 Å². The molecule has 0 spiro atoms. The second-order valence-corrected chi connectivity index (χ2v) is 6.50. The minimum atomic E-state index is -0.771. The van der Waals surface area contributed by atoms with Gasteiger partial charge in [0, 0.05) is 23.6 Å². The molecule has 0 aromatic heterocycles. The lowest BCUT2D eigenvalue weighted by atomic mass is 10.1. The van der Waals surface area contributed by atoms with E-state index in [0.29, 0.717) is 36.7 Å². The molecule has 0 bridgehead atoms. The molecule has 0 amide bonds. The zero-order chi connectivity index (χ0) is 20.3. The number of Topliss-reactive ketones (excluding diaryl/α,β-unsaturated/α-hetero) is 1. The lowest BCUT2D eigenvalue weighted by Crippen LogP contribution is -2.15. The third-order valence-corrected chi connectivity index (χ3v) is 4.38. The Kier molecular flexibility index (Phi) is 5.79. The van der Waals surface area contributed by atoms with Crippen LogP contribution >= 0.6 is 11.6 Å². The predicted octanol–water partition coefficient (Wildman–Crippen LogP) is 3.76. The molecule has 146 valence electrons. The third-order valence-electron chi connectivity index (χ3n) is 4.10. The van der Waals surface area contributed by atoms with Crippen molar-refractivity contribution in [1.82, 2.24) is 0 Å². The zero-order valence-electron chi connectivity index (χ0n) is 14.9. The van der Waals surface area contributed by atoms with Crippen molar-refractivity contribution in [2.45, 2.75) is 13.3 Å². The molecular weight excluding hydrogens is 390 g/mol. The van der Waals surface area contributed by atoms with Gasteiger partial charge in [-0.15, -0.1) is 0 Å². The topological polar surface area (TPSA) is 105 Å². The first-order valence-electron chi connectivity index (χ1n) is 8.41. The lowest BCUT2D eigenvalue weighted by Gasteiger charge is -2.11. The normalized spacial score (nSPS) is 12.8. The van der Waals surface area contributed by atoms with Gasteiger partial charge in [-0.2, -0.15) is 0 Å². The van der Waals surface area contributed by atoms with Crippen LogP contribution < -0.4 is 9.47 Å². The van der Waals surface area contributed by atoms with Gasteiger partial charge in [-0.25, -0.2) is 4.79 Å². The summed E-state index contributed by atoms with van der Waals surface area (Å²) in [7, 11) is 0. The van der Waals surface area contributed by atoms with Crippen LogP contribution in [-0.2, 0) is 4.74 Å². The van der Waals surface area contributed by atoms with Crippen LogP contribution in [0.2, 0.25) is 5.02 Å². The first-order chi connectivity index (χ1) is 13.4. The van der Waals surface area contributed by atoms with E-state index in [1.165, 1.54) is 24.3 Å². The summed E-state index contributed by atoms with van der Waals surface area (Å²) in [5, 5.41) is 11.2. The van der Waals surface area contributed by atoms with E-state index in [-0.39, 0.29) is 21.8 Å². The highest BCUT2D eigenvalue weighted by molar-refractivity contribution is 6.32. The fourth-order valence-corrected chi connectivity index (χ4v) is 2.89. The predicted molar refractivity (Wildman–Crippen MR) is 99.5 cm³/mol. The molecule has 1 heterocycles. The maximum atomic E-state index is 12.3. The van der Waals surface area contributed by atoms with Gasteiger partial charge in [0.2, 0.25) is 5.78 Å². The number of nitrogens with zero attached hydrogens (tertiary/aromatic N) is 1. The number of benzene rings is 2. The van der Waals surface area contributed by atoms with Crippen LogP contribution in [0.25, 0.3) is 0 Å². The average molecular weight is 406 g/mol. The van der Waals surface area contributed by atoms with E-state index in [1.807, 2.05) is 0 Å². The molecule has 0 saturated heterocycles. The molecule has 0 atom stereocenters. The van der Waals surface area contributed by atoms with Gasteiger partial charge in [-0.05, 0) is 19.1 Å². The summed E-state index contributed by atoms with van der Waals surface area (Å²) in [6.45, 7) is 1.88. The second kappa shape index (κ2) is 8.26. The fourth-order valence-electron chi connectivity index (χ4n) is 2.63. The molecular formula is C19H16ClNO7. The van der Waals surface area contributed by atoms with Gasteiger partial charge in [0.25, 0.3) is 5.69 Å². The number of ether oxygens (including phenoxy) is 3. The molecule has 9 heteroatoms. The molecule has 0 unspecified atom stereocenters. The maximum Gasteiger partial charge on any atom is 0.338 e. The van der Waals surface area contributed by atoms with Crippen molar-refractivity contribution >= 4 is 29.0 Å². The van der Waals surface area contributed by atoms with E-state index in [1.54, 1.807) is 6.92 Å². The van der Waals surface area contributed by atoms with E-state index < -0.39 is 23.3 Å². The summed E-state index contributed by atoms with van der Waals surface area (Å²) in [6.07, 6.45) is 0.683. The van der Waals surface area contributed by atoms with Crippen LogP contribution in [-0.4, -0.2) is 36.5 Å². The number of aryl methyl sites for hydroxylation is 1. The maximum absolute atomic E-state index is 12.3. The van der Waals surface area contributed by atoms with E-state index in [0.717, 1.165) is 6.07 Å². The van der Waals surface area contributed by atoms with E-state index in [9.17, 15) is 19.7 Å². The second-order valence-electron chi connectivity index (χ2n) is 6.09. The molecule has 3 rings (SSSR count). The Morgan fingerprint density at radius 3 is 2.68 bits per heavy atom. The molecule has 1 aliphatic heterocycles. The van der Waals surface area contributed by atoms with Gasteiger partial charge in [0.1, 0.15) is 0 Å². The van der Waals surface area contributed by atoms with Gasteiger partial charge >= 0.3 is 5.97 Å². The first-order valence-corrected chi connectivity index (χ1v) is 8.79. The van der Waals surface area contributed by atoms with Crippen LogP contribution in [0.4, 0.5) is 5.69 Å². The fraction of sp³-hybridized carbons (Fsp3) is 0.263. The summed E-state index contributed by atoms with van der Waals surface area (Å²) in [5.74, 6) is -0.638. The first kappa shape index (κ1) is 19.6. The van der Waals surface area contributed by atoms with Crippen molar-refractivity contribution in [2.75, 3.05) is 19.8 Å². The van der Waals surface area contributed by atoms with Gasteiger partial charge < -0.3 is 14.2 Å². The Bertz CT molecular complexity index is 958. The highest BCUT2D eigenvalue weighted by Gasteiger charge is 2.21. The number of nitro benzene ring substituents is 1. The van der Waals surface area contributed by atoms with E-state index in [2.05, 4.69) is 0 Å². The molecule has 0 radical (unpaired) electrons. The third kappa shape index (κ3) is 4.23. The summed E-state index contributed by atoms with van der Waals surface area (Å²) >= 11 is 6.14. The average Bonchev–Trinajstić information content (AvgIpc) is 2.91. The quantitative estimate of drug-likeness (QED) is 0.322. The molecule has 0 fully saturated rings. The van der Waals surface area contributed by atoms with E-state index in [4.69, 9.17) is 25.8 Å². The molecule has 2 aromatic rings. The summed E-state index contributed by atoms with van der Waals surface area (Å²) in [6, 6.07) is 6.89. The Labute approximate surface area is 165 Å². The van der Waals surface area contributed by atoms with Crippen LogP contribution in [0, 0.1) is 17.0 Å². The SMILES string of the molecule is Cc1ccc(C(=O)COC(=O)c2cc(Cl)c3c(c2)OCCCO3)cc1[N+](=O)[O-]. The van der Waals surface area contributed by atoms with Crippen molar-refractivity contribution in [3.63, 3.8) is 0 Å². The minimum Gasteiger partial charge on any atom is -0.489 e. The number of carbonyl (C=O) groups excluding carboxylic acids is 2. The Morgan fingerprint density at radius 1 is 1.18 bits per heavy atom. The minimum absolute atomic E-state index is 0.0850. The number of esters is 1. The number of ketones is 1. The van der Waals surface area contributed by atoms with Crippen LogP contribution in [0.3, 0.4) is 0 Å². The molecule has 28 heavy (non-hydrogen) atoms. The molecule has 0 saturated carbocycles. The number of hydrogen-bond donors (Lipinski definition) is 0. The lowest BCUT2D eigenvalue weighted by molar-refractivity contribution is -0.385. The zero-order valence-corrected chi connectivity index (χ0v) is 15.7. The summed E-state index contributed by atoms with van der Waals surface area (Å²) in [4.78, 5) is 35.0. The molecule has 0 aliphatic carbocycles. The molecule has 1 aliphatic rings. The van der Waals surface area contributed by atoms with Crippen LogP contribution in [0.5, 0.6) is 11.5 Å². The van der Waals surface area contributed by atoms with Crippen LogP contribution in [0.1, 0.15) is 32.7 Å². The number of carbonyl (C=O) groups is 2. The highest BCUT2D eigenvalue weighted by atomic mass is 35.5. The number of hydrogen-bond acceptors (Lipinski definition) is 7. The largest absolute Gasteiger partial charge is 0.489 e. The van der Waals surface area contributed by atoms with Crippen molar-refractivity contribution in [3.8, 4) is 11.5 Å². The monoisotopic (exact) mass is 405 g/mol. The Balaban J connectivity index is 1.71. The van der Waals surface area contributed by atoms with Crippen molar-refractivity contribution < 1.29 is 28.7 Å². The molecule has 0 N–H and O–H groups in total. The number of fused-ring (bicyclic) bond motifs is 1. The summed E-state index contributed by atoms with van der Waals surface area (Å²) < 4.78 is 16.0. The summed E-state index contributed by atoms with van der Waals surface area (Å²) in [5.41, 5.74) is 0.450. The number of rotatable bonds is 5. The number of nitro groups is 1. The Hall–Kier alpha value is -3.13. The standard InChI is InChI=1S/C19H16ClNO7/c1-11-3-4-12(8-15(11)21(24)25)16(22)10-28-19(23)13-7-14(20)18-17(9-13)26-5-2-6-27-18/h3-4,7-9H,2,5-6,10H2,1H3. The van der Waals surface area contributed by atoms with Gasteiger partial charge in [0.05, 0.1) is 28.7 Å². The van der Waals surface area contributed by atoms with Crippen molar-refractivity contribution in [1.29, 1.82) is 0 Å². The number of halogens is 1. The molecule has 8 nitrogen and oxygen atoms in total. The molecule has 2 aromatic carbocycles. The van der Waals surface area contributed by atoms with Gasteiger partial charge in [-0.3, -0.25) is 14.9 Å². The smallest absolute Gasteiger partial charge is 0.338 e. The van der Waals surface area contributed by atoms with Crippen LogP contribution in [0.15, 0.2) is 30.3 Å². The van der Waals surface area contributed by atoms with E-state index >= 15 is 0 Å². The van der Waals surface area contributed by atoms with Crippen molar-refractivity contribution in [2.24, 2.45) is 0 Å². The highest BCUT2D eigenvalue weighted by Crippen LogP contribution is 2.38. The Morgan fingerprint density at radius 2 is 1.93 bits per heavy atom. The van der Waals surface area contributed by atoms with Gasteiger partial charge in [0.15, 0.2) is 18.1 Å².